The van der Waals surface area contributed by atoms with Crippen molar-refractivity contribution in [2.75, 3.05) is 13.7 Å². The van der Waals surface area contributed by atoms with Gasteiger partial charge in [0.05, 0.1) is 7.11 Å². The third kappa shape index (κ3) is 7.69. The molecule has 10 nitrogen and oxygen atoms in total. The van der Waals surface area contributed by atoms with Crippen molar-refractivity contribution in [2.24, 2.45) is 11.8 Å². The zero-order valence-electron chi connectivity index (χ0n) is 29.2. The summed E-state index contributed by atoms with van der Waals surface area (Å²) in [5.41, 5.74) is 4.00. The van der Waals surface area contributed by atoms with Crippen molar-refractivity contribution >= 4 is 34.5 Å². The van der Waals surface area contributed by atoms with E-state index in [0.29, 0.717) is 11.3 Å². The highest BCUT2D eigenvalue weighted by atomic mass is 16.5. The molecule has 2 fully saturated rings. The van der Waals surface area contributed by atoms with E-state index >= 15 is 0 Å². The SMILES string of the molecule is COc1ccccc1-c1cccc(C(=O)N[C@@H]2C[C@H]3C(=O)N[C@H](C(C)C)CC[C@@H](C)CC(=O)N[C@H](Cc4c[nH]c5ccccc45)C(=O)N3C2)c1. The number of amides is 4. The van der Waals surface area contributed by atoms with Crippen LogP contribution >= 0.6 is 0 Å². The first kappa shape index (κ1) is 34.7. The number of para-hydroxylation sites is 2. The van der Waals surface area contributed by atoms with E-state index in [4.69, 9.17) is 4.74 Å². The molecule has 3 heterocycles. The minimum Gasteiger partial charge on any atom is -0.496 e. The van der Waals surface area contributed by atoms with Crippen molar-refractivity contribution in [3.8, 4) is 16.9 Å². The van der Waals surface area contributed by atoms with Gasteiger partial charge in [-0.25, -0.2) is 0 Å². The third-order valence-corrected chi connectivity index (χ3v) is 10.1. The van der Waals surface area contributed by atoms with Gasteiger partial charge in [-0.2, -0.15) is 0 Å². The second-order valence-corrected chi connectivity index (χ2v) is 14.1. The highest BCUT2D eigenvalue weighted by Gasteiger charge is 2.43. The Bertz CT molecular complexity index is 1870. The Morgan fingerprint density at radius 2 is 1.76 bits per heavy atom. The summed E-state index contributed by atoms with van der Waals surface area (Å²) in [6, 6.07) is 20.5. The topological polar surface area (TPSA) is 133 Å². The van der Waals surface area contributed by atoms with Gasteiger partial charge in [0.1, 0.15) is 17.8 Å². The van der Waals surface area contributed by atoms with Crippen LogP contribution in [0.15, 0.2) is 79.0 Å². The van der Waals surface area contributed by atoms with Crippen LogP contribution in [0.1, 0.15) is 62.4 Å². The quantitative estimate of drug-likeness (QED) is 0.213. The van der Waals surface area contributed by atoms with Crippen molar-refractivity contribution in [3.05, 3.63) is 90.1 Å². The Labute approximate surface area is 293 Å². The number of carbonyl (C=O) groups excluding carboxylic acids is 4. The second-order valence-electron chi connectivity index (χ2n) is 14.1. The van der Waals surface area contributed by atoms with Gasteiger partial charge in [-0.15, -0.1) is 0 Å². The fourth-order valence-electron chi connectivity index (χ4n) is 7.32. The van der Waals surface area contributed by atoms with Crippen LogP contribution in [-0.2, 0) is 20.8 Å². The van der Waals surface area contributed by atoms with Crippen molar-refractivity contribution in [1.82, 2.24) is 25.8 Å². The van der Waals surface area contributed by atoms with Crippen LogP contribution in [0.3, 0.4) is 0 Å². The summed E-state index contributed by atoms with van der Waals surface area (Å²) in [6.07, 6.45) is 4.15. The Kier molecular flexibility index (Phi) is 10.6. The van der Waals surface area contributed by atoms with E-state index < -0.39 is 18.1 Å². The van der Waals surface area contributed by atoms with Gasteiger partial charge >= 0.3 is 0 Å². The van der Waals surface area contributed by atoms with Gasteiger partial charge < -0.3 is 30.6 Å². The number of H-pyrrole nitrogens is 1. The van der Waals surface area contributed by atoms with Gasteiger partial charge in [0.15, 0.2) is 0 Å². The molecule has 0 spiro atoms. The van der Waals surface area contributed by atoms with Gasteiger partial charge in [-0.05, 0) is 66.5 Å². The molecule has 1 aromatic heterocycles. The lowest BCUT2D eigenvalue weighted by atomic mass is 9.92. The van der Waals surface area contributed by atoms with Crippen molar-refractivity contribution in [1.29, 1.82) is 0 Å². The van der Waals surface area contributed by atoms with E-state index in [9.17, 15) is 19.2 Å². The number of aromatic nitrogens is 1. The maximum absolute atomic E-state index is 14.5. The standard InChI is InChI=1S/C40H47N5O5/c1-24(2)32-17-16-25(3)18-37(46)43-34(20-28-22-41-33-14-7-5-12-30(28)33)40(49)45-23-29(21-35(45)39(48)44-32)42-38(47)27-11-9-10-26(19-27)31-13-6-8-15-36(31)50-4/h5-15,19,22,24-25,29,32,34-35,41H,16-18,20-21,23H2,1-4H3,(H,42,47)(H,43,46)(H,44,48)/t25-,29-,32+,34-,35+/m1/s1. The monoisotopic (exact) mass is 677 g/mol. The van der Waals surface area contributed by atoms with Gasteiger partial charge in [0, 0.05) is 59.7 Å². The fourth-order valence-corrected chi connectivity index (χ4v) is 7.32. The lowest BCUT2D eigenvalue weighted by Crippen LogP contribution is -2.55. The molecule has 4 amide bonds. The van der Waals surface area contributed by atoms with Crippen molar-refractivity contribution < 1.29 is 23.9 Å². The number of rotatable bonds is 7. The Morgan fingerprint density at radius 3 is 2.56 bits per heavy atom. The maximum atomic E-state index is 14.5. The Balaban J connectivity index is 1.28. The number of nitrogens with one attached hydrogen (secondary N) is 4. The largest absolute Gasteiger partial charge is 0.496 e. The van der Waals surface area contributed by atoms with Crippen LogP contribution in [0.5, 0.6) is 5.75 Å². The molecule has 0 aliphatic carbocycles. The van der Waals surface area contributed by atoms with E-state index in [1.54, 1.807) is 18.1 Å². The van der Waals surface area contributed by atoms with E-state index in [-0.39, 0.29) is 67.3 Å². The zero-order chi connectivity index (χ0) is 35.4. The number of carbonyl (C=O) groups is 4. The molecule has 4 N–H and O–H groups in total. The van der Waals surface area contributed by atoms with E-state index in [0.717, 1.165) is 40.4 Å². The zero-order valence-corrected chi connectivity index (χ0v) is 29.2. The number of fused-ring (bicyclic) bond motifs is 2. The average molecular weight is 678 g/mol. The normalized spacial score (nSPS) is 23.3. The van der Waals surface area contributed by atoms with Crippen LogP contribution in [0.4, 0.5) is 0 Å². The van der Waals surface area contributed by atoms with E-state index in [1.165, 1.54) is 0 Å². The Hall–Kier alpha value is -5.12. The lowest BCUT2D eigenvalue weighted by Gasteiger charge is -2.30. The minimum atomic E-state index is -0.891. The van der Waals surface area contributed by atoms with Crippen molar-refractivity contribution in [2.45, 2.75) is 77.0 Å². The first-order valence-corrected chi connectivity index (χ1v) is 17.6. The van der Waals surface area contributed by atoms with Crippen LogP contribution in [0, 0.1) is 11.8 Å². The first-order valence-electron chi connectivity index (χ1n) is 17.6. The molecule has 4 aromatic rings. The number of aromatic amines is 1. The van der Waals surface area contributed by atoms with Crippen LogP contribution in [0.2, 0.25) is 0 Å². The number of nitrogens with zero attached hydrogens (tertiary/aromatic N) is 1. The molecule has 2 aliphatic heterocycles. The summed E-state index contributed by atoms with van der Waals surface area (Å²) in [4.78, 5) is 60.5. The third-order valence-electron chi connectivity index (χ3n) is 10.1. The summed E-state index contributed by atoms with van der Waals surface area (Å²) < 4.78 is 5.54. The molecule has 6 rings (SSSR count). The molecule has 0 radical (unpaired) electrons. The molecule has 2 saturated heterocycles. The molecule has 50 heavy (non-hydrogen) atoms. The number of hydrogen-bond acceptors (Lipinski definition) is 5. The first-order chi connectivity index (χ1) is 24.1. The van der Waals surface area contributed by atoms with Crippen LogP contribution < -0.4 is 20.7 Å². The van der Waals surface area contributed by atoms with Crippen LogP contribution in [0.25, 0.3) is 22.0 Å². The van der Waals surface area contributed by atoms with Crippen molar-refractivity contribution in [3.63, 3.8) is 0 Å². The number of ether oxygens (including phenoxy) is 1. The summed E-state index contributed by atoms with van der Waals surface area (Å²) >= 11 is 0. The van der Waals surface area contributed by atoms with Crippen LogP contribution in [-0.4, -0.2) is 71.3 Å². The number of hydrogen-bond donors (Lipinski definition) is 4. The van der Waals surface area contributed by atoms with Gasteiger partial charge in [0.25, 0.3) is 5.91 Å². The lowest BCUT2D eigenvalue weighted by molar-refractivity contribution is -0.141. The molecule has 2 aliphatic rings. The van der Waals surface area contributed by atoms with E-state index in [2.05, 4.69) is 34.8 Å². The average Bonchev–Trinajstić information content (AvgIpc) is 3.73. The second kappa shape index (κ2) is 15.2. The highest BCUT2D eigenvalue weighted by Crippen LogP contribution is 2.30. The molecule has 5 atom stereocenters. The highest BCUT2D eigenvalue weighted by molar-refractivity contribution is 5.97. The van der Waals surface area contributed by atoms with Gasteiger partial charge in [0.2, 0.25) is 17.7 Å². The molecule has 3 aromatic carbocycles. The molecule has 10 heteroatoms. The molecular formula is C40H47N5O5. The Morgan fingerprint density at radius 1 is 0.980 bits per heavy atom. The molecule has 262 valence electrons. The summed E-state index contributed by atoms with van der Waals surface area (Å²) in [5, 5.41) is 10.4. The summed E-state index contributed by atoms with van der Waals surface area (Å²) in [5.74, 6) is -0.122. The molecule has 0 bridgehead atoms. The van der Waals surface area contributed by atoms with E-state index in [1.807, 2.05) is 79.9 Å². The minimum absolute atomic E-state index is 0.0821. The predicted octanol–water partition coefficient (Wildman–Crippen LogP) is 5.23. The molecular weight excluding hydrogens is 630 g/mol. The van der Waals surface area contributed by atoms with Gasteiger partial charge in [-0.3, -0.25) is 19.2 Å². The fraction of sp³-hybridized carbons (Fsp3) is 0.400. The summed E-state index contributed by atoms with van der Waals surface area (Å²) in [7, 11) is 1.61. The number of benzene rings is 3. The summed E-state index contributed by atoms with van der Waals surface area (Å²) in [6.45, 7) is 6.30. The smallest absolute Gasteiger partial charge is 0.251 e. The van der Waals surface area contributed by atoms with Gasteiger partial charge in [-0.1, -0.05) is 69.3 Å². The maximum Gasteiger partial charge on any atom is 0.251 e. The predicted molar refractivity (Wildman–Crippen MR) is 194 cm³/mol. The number of methoxy groups -OCH3 is 1. The molecule has 0 unspecified atom stereocenters. The molecule has 0 saturated carbocycles.